The van der Waals surface area contributed by atoms with Crippen LogP contribution in [-0.4, -0.2) is 23.6 Å². The molecule has 1 aromatic heterocycles. The van der Waals surface area contributed by atoms with Gasteiger partial charge in [-0.3, -0.25) is 10.1 Å². The quantitative estimate of drug-likeness (QED) is 0.676. The Morgan fingerprint density at radius 1 is 1.42 bits per heavy atom. The number of fused-ring (bicyclic) bond motifs is 1. The number of ether oxygens (including phenoxy) is 1. The van der Waals surface area contributed by atoms with Gasteiger partial charge in [0.05, 0.1) is 18.1 Å². The average Bonchev–Trinajstić information content (AvgIpc) is 2.38. The zero-order valence-electron chi connectivity index (χ0n) is 11.1. The number of methoxy groups -OCH3 is 1. The van der Waals surface area contributed by atoms with Crippen LogP contribution in [0.2, 0.25) is 0 Å². The number of rotatable bonds is 4. The minimum atomic E-state index is -0.435. The molecule has 0 spiro atoms. The van der Waals surface area contributed by atoms with E-state index in [1.54, 1.807) is 0 Å². The maximum Gasteiger partial charge on any atom is 0.273 e. The molecule has 6 nitrogen and oxygen atoms in total. The first kappa shape index (κ1) is 13.1. The molecule has 2 rings (SSSR count). The number of anilines is 1. The van der Waals surface area contributed by atoms with Crippen molar-refractivity contribution in [2.45, 2.75) is 13.8 Å². The molecule has 1 heterocycles. The second-order valence-corrected chi connectivity index (χ2v) is 4.16. The fourth-order valence-corrected chi connectivity index (χ4v) is 1.95. The number of non-ortho nitro benzene ring substituents is 1. The molecule has 0 saturated carbocycles. The fraction of sp³-hybridized carbons (Fsp3) is 0.308. The van der Waals surface area contributed by atoms with Gasteiger partial charge in [-0.15, -0.1) is 0 Å². The first-order chi connectivity index (χ1) is 9.06. The Morgan fingerprint density at radius 2 is 2.16 bits per heavy atom. The molecule has 0 fully saturated rings. The molecule has 0 aliphatic rings. The summed E-state index contributed by atoms with van der Waals surface area (Å²) in [5.74, 6) is 1.17. The van der Waals surface area contributed by atoms with E-state index < -0.39 is 4.92 Å². The largest absolute Gasteiger partial charge is 0.494 e. The lowest BCUT2D eigenvalue weighted by Gasteiger charge is -2.10. The number of nitro groups is 1. The van der Waals surface area contributed by atoms with Gasteiger partial charge in [0.2, 0.25) is 0 Å². The molecule has 0 bridgehead atoms. The van der Waals surface area contributed by atoms with Crippen molar-refractivity contribution in [2.75, 3.05) is 19.0 Å². The first-order valence-corrected chi connectivity index (χ1v) is 5.94. The van der Waals surface area contributed by atoms with Crippen molar-refractivity contribution < 1.29 is 9.66 Å². The number of aromatic nitrogens is 1. The summed E-state index contributed by atoms with van der Waals surface area (Å²) >= 11 is 0. The number of hydrogen-bond acceptors (Lipinski definition) is 5. The van der Waals surface area contributed by atoms with E-state index >= 15 is 0 Å². The third-order valence-corrected chi connectivity index (χ3v) is 2.83. The molecular weight excluding hydrogens is 246 g/mol. The lowest BCUT2D eigenvalue weighted by atomic mass is 10.1. The van der Waals surface area contributed by atoms with Crippen molar-refractivity contribution in [3.05, 3.63) is 33.9 Å². The van der Waals surface area contributed by atoms with Gasteiger partial charge in [-0.1, -0.05) is 0 Å². The maximum atomic E-state index is 10.9. The summed E-state index contributed by atoms with van der Waals surface area (Å²) in [6.45, 7) is 4.66. The minimum Gasteiger partial charge on any atom is -0.494 e. The summed E-state index contributed by atoms with van der Waals surface area (Å²) in [5, 5.41) is 14.7. The van der Waals surface area contributed by atoms with Crippen molar-refractivity contribution in [3.63, 3.8) is 0 Å². The Labute approximate surface area is 110 Å². The molecule has 100 valence electrons. The van der Waals surface area contributed by atoms with Gasteiger partial charge >= 0.3 is 0 Å². The van der Waals surface area contributed by atoms with Crippen LogP contribution < -0.4 is 10.1 Å². The Kier molecular flexibility index (Phi) is 3.50. The van der Waals surface area contributed by atoms with Crippen LogP contribution in [0, 0.1) is 17.0 Å². The van der Waals surface area contributed by atoms with Gasteiger partial charge < -0.3 is 10.1 Å². The molecule has 6 heteroatoms. The molecule has 0 saturated heterocycles. The van der Waals surface area contributed by atoms with Gasteiger partial charge in [0.1, 0.15) is 11.3 Å². The van der Waals surface area contributed by atoms with Crippen molar-refractivity contribution in [1.82, 2.24) is 4.98 Å². The average molecular weight is 261 g/mol. The zero-order chi connectivity index (χ0) is 14.0. The van der Waals surface area contributed by atoms with E-state index in [4.69, 9.17) is 4.74 Å². The normalized spacial score (nSPS) is 10.5. The molecule has 1 N–H and O–H groups in total. The molecule has 0 amide bonds. The molecule has 0 aliphatic carbocycles. The van der Waals surface area contributed by atoms with Gasteiger partial charge in [-0.05, 0) is 25.5 Å². The summed E-state index contributed by atoms with van der Waals surface area (Å²) in [6.07, 6.45) is 0. The second kappa shape index (κ2) is 5.09. The summed E-state index contributed by atoms with van der Waals surface area (Å²) in [7, 11) is 1.48. The molecule has 19 heavy (non-hydrogen) atoms. The molecule has 0 atom stereocenters. The molecule has 1 aromatic carbocycles. The van der Waals surface area contributed by atoms with Crippen LogP contribution in [-0.2, 0) is 0 Å². The van der Waals surface area contributed by atoms with Gasteiger partial charge in [0.25, 0.3) is 5.69 Å². The predicted octanol–water partition coefficient (Wildman–Crippen LogP) is 2.89. The van der Waals surface area contributed by atoms with Crippen LogP contribution in [0.3, 0.4) is 0 Å². The number of pyridine rings is 1. The van der Waals surface area contributed by atoms with E-state index in [1.807, 2.05) is 19.9 Å². The molecule has 0 aliphatic heterocycles. The van der Waals surface area contributed by atoms with Crippen LogP contribution in [0.25, 0.3) is 10.9 Å². The molecule has 0 unspecified atom stereocenters. The van der Waals surface area contributed by atoms with Crippen LogP contribution in [0.15, 0.2) is 18.2 Å². The van der Waals surface area contributed by atoms with E-state index in [2.05, 4.69) is 10.3 Å². The second-order valence-electron chi connectivity index (χ2n) is 4.16. The fourth-order valence-electron chi connectivity index (χ4n) is 1.95. The number of nitrogens with one attached hydrogen (secondary N) is 1. The SMILES string of the molecule is CCNc1nc2c(OC)cc([N+](=O)[O-])cc2cc1C. The van der Waals surface area contributed by atoms with Crippen LogP contribution >= 0.6 is 0 Å². The smallest absolute Gasteiger partial charge is 0.273 e. The topological polar surface area (TPSA) is 77.3 Å². The van der Waals surface area contributed by atoms with Crippen molar-refractivity contribution in [1.29, 1.82) is 0 Å². The lowest BCUT2D eigenvalue weighted by Crippen LogP contribution is -2.02. The standard InChI is InChI=1S/C13H15N3O3/c1-4-14-13-8(2)5-9-6-10(16(17)18)7-11(19-3)12(9)15-13/h5-7H,4H2,1-3H3,(H,14,15). The Bertz CT molecular complexity index is 641. The highest BCUT2D eigenvalue weighted by Crippen LogP contribution is 2.31. The number of hydrogen-bond donors (Lipinski definition) is 1. The number of aryl methyl sites for hydroxylation is 1. The van der Waals surface area contributed by atoms with Crippen LogP contribution in [0.1, 0.15) is 12.5 Å². The van der Waals surface area contributed by atoms with Gasteiger partial charge in [0, 0.05) is 18.0 Å². The van der Waals surface area contributed by atoms with E-state index in [0.29, 0.717) is 16.7 Å². The van der Waals surface area contributed by atoms with Gasteiger partial charge in [0.15, 0.2) is 5.75 Å². The Balaban J connectivity index is 2.71. The number of nitro benzene ring substituents is 1. The van der Waals surface area contributed by atoms with Crippen molar-refractivity contribution in [3.8, 4) is 5.75 Å². The summed E-state index contributed by atoms with van der Waals surface area (Å²) < 4.78 is 5.20. The van der Waals surface area contributed by atoms with Gasteiger partial charge in [-0.2, -0.15) is 0 Å². The van der Waals surface area contributed by atoms with Crippen LogP contribution in [0.5, 0.6) is 5.75 Å². The van der Waals surface area contributed by atoms with Crippen LogP contribution in [0.4, 0.5) is 11.5 Å². The summed E-state index contributed by atoms with van der Waals surface area (Å²) in [5.41, 5.74) is 1.56. The van der Waals surface area contributed by atoms with E-state index in [-0.39, 0.29) is 5.69 Å². The van der Waals surface area contributed by atoms with Crippen molar-refractivity contribution in [2.24, 2.45) is 0 Å². The van der Waals surface area contributed by atoms with Crippen molar-refractivity contribution >= 4 is 22.4 Å². The highest BCUT2D eigenvalue weighted by Gasteiger charge is 2.14. The third kappa shape index (κ3) is 2.42. The Hall–Kier alpha value is -2.37. The van der Waals surface area contributed by atoms with E-state index in [1.165, 1.54) is 19.2 Å². The lowest BCUT2D eigenvalue weighted by molar-refractivity contribution is -0.384. The predicted molar refractivity (Wildman–Crippen MR) is 73.9 cm³/mol. The molecular formula is C13H15N3O3. The molecule has 2 aromatic rings. The molecule has 0 radical (unpaired) electrons. The Morgan fingerprint density at radius 3 is 2.74 bits per heavy atom. The third-order valence-electron chi connectivity index (χ3n) is 2.83. The van der Waals surface area contributed by atoms with E-state index in [0.717, 1.165) is 17.9 Å². The van der Waals surface area contributed by atoms with Gasteiger partial charge in [-0.25, -0.2) is 4.98 Å². The summed E-state index contributed by atoms with van der Waals surface area (Å²) in [6, 6.07) is 4.77. The number of nitrogens with zero attached hydrogens (tertiary/aromatic N) is 2. The number of benzene rings is 1. The zero-order valence-corrected chi connectivity index (χ0v) is 11.1. The van der Waals surface area contributed by atoms with E-state index in [9.17, 15) is 10.1 Å². The highest BCUT2D eigenvalue weighted by atomic mass is 16.6. The maximum absolute atomic E-state index is 10.9. The monoisotopic (exact) mass is 261 g/mol. The minimum absolute atomic E-state index is 0.00162. The summed E-state index contributed by atoms with van der Waals surface area (Å²) in [4.78, 5) is 14.9. The first-order valence-electron chi connectivity index (χ1n) is 5.94. The highest BCUT2D eigenvalue weighted by molar-refractivity contribution is 5.89.